The highest BCUT2D eigenvalue weighted by atomic mass is 32.1. The number of rotatable bonds is 7. The molecule has 2 aromatic heterocycles. The van der Waals surface area contributed by atoms with Gasteiger partial charge < -0.3 is 19.8 Å². The quantitative estimate of drug-likeness (QED) is 0.574. The number of carbonyl (C=O) groups excluding carboxylic acids is 3. The predicted octanol–water partition coefficient (Wildman–Crippen LogP) is 3.75. The molecule has 1 amide bonds. The Bertz CT molecular complexity index is 1070. The average Bonchev–Trinajstić information content (AvgIpc) is 3.21. The van der Waals surface area contributed by atoms with Crippen LogP contribution >= 0.6 is 11.3 Å². The van der Waals surface area contributed by atoms with Gasteiger partial charge in [0.1, 0.15) is 5.00 Å². The van der Waals surface area contributed by atoms with Gasteiger partial charge in [0.2, 0.25) is 0 Å². The number of anilines is 1. The molecule has 2 heterocycles. The number of hydrogen-bond acceptors (Lipinski definition) is 6. The Hall–Kier alpha value is -3.13. The summed E-state index contributed by atoms with van der Waals surface area (Å²) in [5.74, 6) is -1.50. The molecule has 0 fully saturated rings. The zero-order chi connectivity index (χ0) is 21.0. The lowest BCUT2D eigenvalue weighted by molar-refractivity contribution is -0.146. The van der Waals surface area contributed by atoms with E-state index >= 15 is 0 Å². The molecule has 8 heteroatoms. The summed E-state index contributed by atoms with van der Waals surface area (Å²) in [4.78, 5) is 40.6. The van der Waals surface area contributed by atoms with Crippen molar-refractivity contribution in [2.24, 2.45) is 0 Å². The Morgan fingerprint density at radius 3 is 2.66 bits per heavy atom. The van der Waals surface area contributed by atoms with Gasteiger partial charge in [-0.25, -0.2) is 4.79 Å². The first-order valence-corrected chi connectivity index (χ1v) is 10.00. The molecular formula is C21H22N2O5S. The third-order valence-electron chi connectivity index (χ3n) is 4.49. The maximum atomic E-state index is 12.2. The van der Waals surface area contributed by atoms with Crippen LogP contribution in [0, 0.1) is 13.8 Å². The fourth-order valence-corrected chi connectivity index (χ4v) is 4.02. The molecular weight excluding hydrogens is 392 g/mol. The van der Waals surface area contributed by atoms with Crippen LogP contribution < -0.4 is 5.32 Å². The fourth-order valence-electron chi connectivity index (χ4n) is 2.96. The molecule has 0 aliphatic carbocycles. The molecule has 0 radical (unpaired) electrons. The molecule has 0 spiro atoms. The summed E-state index contributed by atoms with van der Waals surface area (Å²) in [5.41, 5.74) is 2.84. The van der Waals surface area contributed by atoms with Crippen molar-refractivity contribution < 1.29 is 23.9 Å². The largest absolute Gasteiger partial charge is 0.462 e. The van der Waals surface area contributed by atoms with Gasteiger partial charge in [-0.1, -0.05) is 18.2 Å². The highest BCUT2D eigenvalue weighted by molar-refractivity contribution is 7.16. The summed E-state index contributed by atoms with van der Waals surface area (Å²) in [7, 11) is 0. The second-order valence-electron chi connectivity index (χ2n) is 6.45. The van der Waals surface area contributed by atoms with E-state index < -0.39 is 24.5 Å². The molecule has 3 rings (SSSR count). The van der Waals surface area contributed by atoms with E-state index in [1.807, 2.05) is 31.2 Å². The van der Waals surface area contributed by atoms with Gasteiger partial charge in [0.15, 0.2) is 6.61 Å². The number of amides is 1. The lowest BCUT2D eigenvalue weighted by Gasteiger charge is -2.08. The molecule has 0 aliphatic heterocycles. The number of nitrogens with one attached hydrogen (secondary N) is 2. The molecule has 2 N–H and O–H groups in total. The van der Waals surface area contributed by atoms with Gasteiger partial charge in [0.05, 0.1) is 18.6 Å². The number of para-hydroxylation sites is 1. The monoisotopic (exact) mass is 414 g/mol. The number of aromatic amines is 1. The summed E-state index contributed by atoms with van der Waals surface area (Å²) in [6.07, 6.45) is 1.82. The molecule has 0 bridgehead atoms. The number of ether oxygens (including phenoxy) is 2. The molecule has 1 aromatic carbocycles. The lowest BCUT2D eigenvalue weighted by Crippen LogP contribution is -2.22. The smallest absolute Gasteiger partial charge is 0.341 e. The van der Waals surface area contributed by atoms with Crippen molar-refractivity contribution in [1.29, 1.82) is 0 Å². The van der Waals surface area contributed by atoms with E-state index in [4.69, 9.17) is 9.47 Å². The standard InChI is InChI=1S/C21H22N2O5S/c1-4-27-21(26)19-12(2)13(3)29-20(19)23-17(24)11-28-18(25)9-14-10-22-16-8-6-5-7-15(14)16/h5-8,10,22H,4,9,11H2,1-3H3,(H,23,24). The first-order valence-electron chi connectivity index (χ1n) is 9.18. The van der Waals surface area contributed by atoms with Crippen molar-refractivity contribution >= 4 is 45.1 Å². The molecule has 7 nitrogen and oxygen atoms in total. The van der Waals surface area contributed by atoms with Gasteiger partial charge >= 0.3 is 11.9 Å². The summed E-state index contributed by atoms with van der Waals surface area (Å²) < 4.78 is 10.2. The molecule has 0 atom stereocenters. The number of fused-ring (bicyclic) bond motifs is 1. The third kappa shape index (κ3) is 4.65. The summed E-state index contributed by atoms with van der Waals surface area (Å²) in [5, 5.41) is 3.99. The van der Waals surface area contributed by atoms with E-state index in [0.717, 1.165) is 26.9 Å². The molecule has 3 aromatic rings. The lowest BCUT2D eigenvalue weighted by atomic mass is 10.1. The Morgan fingerprint density at radius 1 is 1.14 bits per heavy atom. The molecule has 0 aliphatic rings. The summed E-state index contributed by atoms with van der Waals surface area (Å²) >= 11 is 1.29. The fraction of sp³-hybridized carbons (Fsp3) is 0.286. The zero-order valence-electron chi connectivity index (χ0n) is 16.5. The van der Waals surface area contributed by atoms with Crippen LogP contribution in [0.1, 0.15) is 33.3 Å². The number of carbonyl (C=O) groups is 3. The van der Waals surface area contributed by atoms with Gasteiger partial charge in [-0.2, -0.15) is 0 Å². The van der Waals surface area contributed by atoms with E-state index in [0.29, 0.717) is 10.6 Å². The van der Waals surface area contributed by atoms with E-state index in [1.54, 1.807) is 20.0 Å². The normalized spacial score (nSPS) is 10.7. The number of aryl methyl sites for hydroxylation is 1. The second kappa shape index (κ2) is 8.91. The van der Waals surface area contributed by atoms with Crippen LogP contribution in [0.5, 0.6) is 0 Å². The van der Waals surface area contributed by atoms with Gasteiger partial charge in [-0.3, -0.25) is 9.59 Å². The second-order valence-corrected chi connectivity index (χ2v) is 7.68. The Morgan fingerprint density at radius 2 is 1.90 bits per heavy atom. The molecule has 152 valence electrons. The van der Waals surface area contributed by atoms with Crippen LogP contribution in [0.15, 0.2) is 30.5 Å². The van der Waals surface area contributed by atoms with Gasteiger partial charge in [0, 0.05) is 22.0 Å². The van der Waals surface area contributed by atoms with Gasteiger partial charge in [0.25, 0.3) is 5.91 Å². The highest BCUT2D eigenvalue weighted by Gasteiger charge is 2.22. The maximum Gasteiger partial charge on any atom is 0.341 e. The first-order chi connectivity index (χ1) is 13.9. The van der Waals surface area contributed by atoms with Crippen molar-refractivity contribution in [3.63, 3.8) is 0 Å². The van der Waals surface area contributed by atoms with Crippen LogP contribution in [-0.4, -0.2) is 36.0 Å². The molecule has 0 saturated heterocycles. The SMILES string of the molecule is CCOC(=O)c1c(NC(=O)COC(=O)Cc2c[nH]c3ccccc23)sc(C)c1C. The summed E-state index contributed by atoms with van der Waals surface area (Å²) in [6, 6.07) is 7.64. The van der Waals surface area contributed by atoms with E-state index in [-0.39, 0.29) is 13.0 Å². The number of thiophene rings is 1. The van der Waals surface area contributed by atoms with Crippen molar-refractivity contribution in [2.75, 3.05) is 18.5 Å². The van der Waals surface area contributed by atoms with Crippen molar-refractivity contribution in [3.8, 4) is 0 Å². The molecule has 0 saturated carbocycles. The van der Waals surface area contributed by atoms with E-state index in [1.165, 1.54) is 11.3 Å². The number of aromatic nitrogens is 1. The minimum atomic E-state index is -0.510. The van der Waals surface area contributed by atoms with Crippen LogP contribution in [-0.2, 0) is 25.5 Å². The highest BCUT2D eigenvalue weighted by Crippen LogP contribution is 2.33. The Balaban J connectivity index is 1.59. The average molecular weight is 414 g/mol. The minimum absolute atomic E-state index is 0.0581. The van der Waals surface area contributed by atoms with Crippen LogP contribution in [0.4, 0.5) is 5.00 Å². The number of hydrogen-bond donors (Lipinski definition) is 2. The van der Waals surface area contributed by atoms with Crippen LogP contribution in [0.3, 0.4) is 0 Å². The Kier molecular flexibility index (Phi) is 6.33. The predicted molar refractivity (Wildman–Crippen MR) is 111 cm³/mol. The number of esters is 2. The minimum Gasteiger partial charge on any atom is -0.462 e. The van der Waals surface area contributed by atoms with Crippen molar-refractivity contribution in [3.05, 3.63) is 52.0 Å². The Labute approximate surface area is 172 Å². The van der Waals surface area contributed by atoms with Crippen molar-refractivity contribution in [2.45, 2.75) is 27.2 Å². The van der Waals surface area contributed by atoms with Gasteiger partial charge in [-0.05, 0) is 38.0 Å². The maximum absolute atomic E-state index is 12.2. The van der Waals surface area contributed by atoms with Gasteiger partial charge in [-0.15, -0.1) is 11.3 Å². The molecule has 0 unspecified atom stereocenters. The van der Waals surface area contributed by atoms with E-state index in [2.05, 4.69) is 10.3 Å². The number of benzene rings is 1. The summed E-state index contributed by atoms with van der Waals surface area (Å²) in [6.45, 7) is 5.19. The first kappa shape index (κ1) is 20.6. The third-order valence-corrected chi connectivity index (χ3v) is 5.61. The zero-order valence-corrected chi connectivity index (χ0v) is 17.3. The van der Waals surface area contributed by atoms with Crippen molar-refractivity contribution in [1.82, 2.24) is 4.98 Å². The molecule has 29 heavy (non-hydrogen) atoms. The van der Waals surface area contributed by atoms with E-state index in [9.17, 15) is 14.4 Å². The van der Waals surface area contributed by atoms with Crippen LogP contribution in [0.2, 0.25) is 0 Å². The number of H-pyrrole nitrogens is 1. The topological polar surface area (TPSA) is 97.5 Å². The van der Waals surface area contributed by atoms with Crippen LogP contribution in [0.25, 0.3) is 10.9 Å².